The molecule has 1 N–H and O–H groups in total. The fourth-order valence-electron chi connectivity index (χ4n) is 1.64. The van der Waals surface area contributed by atoms with Gasteiger partial charge in [0.15, 0.2) is 0 Å². The molecule has 0 amide bonds. The molecule has 1 heteroatoms. The quantitative estimate of drug-likeness (QED) is 0.440. The van der Waals surface area contributed by atoms with E-state index in [1.54, 1.807) is 0 Å². The van der Waals surface area contributed by atoms with Crippen LogP contribution in [0.4, 0.5) is 0 Å². The molecule has 0 radical (unpaired) electrons. The van der Waals surface area contributed by atoms with Crippen molar-refractivity contribution in [1.29, 1.82) is 0 Å². The van der Waals surface area contributed by atoms with Crippen LogP contribution < -0.4 is 0 Å². The van der Waals surface area contributed by atoms with Gasteiger partial charge < -0.3 is 5.11 Å². The maximum Gasteiger partial charge on any atom is 0.0564 e. The van der Waals surface area contributed by atoms with Gasteiger partial charge in [0.2, 0.25) is 0 Å². The third-order valence-electron chi connectivity index (χ3n) is 2.67. The highest BCUT2D eigenvalue weighted by Crippen LogP contribution is 2.09. The van der Waals surface area contributed by atoms with Crippen molar-refractivity contribution in [2.75, 3.05) is 6.58 Å². The van der Waals surface area contributed by atoms with E-state index in [9.17, 15) is 0 Å². The molecule has 1 unspecified atom stereocenters. The summed E-state index contributed by atoms with van der Waals surface area (Å²) < 4.78 is 6.97. The van der Waals surface area contributed by atoms with E-state index in [0.29, 0.717) is 6.42 Å². The van der Waals surface area contributed by atoms with Crippen LogP contribution in [0.15, 0.2) is 12.2 Å². The van der Waals surface area contributed by atoms with Crippen molar-refractivity contribution in [3.05, 3.63) is 12.2 Å². The first-order valence-corrected chi connectivity index (χ1v) is 7.01. The van der Waals surface area contributed by atoms with Gasteiger partial charge in [0, 0.05) is 13.0 Å². The average molecular weight is 238 g/mol. The molecule has 0 bridgehead atoms. The molecule has 0 aromatic rings. The van der Waals surface area contributed by atoms with Crippen LogP contribution in [-0.2, 0) is 0 Å². The second-order valence-corrected chi connectivity index (χ2v) is 4.33. The Kier molecular flexibility index (Phi) is 12.9. The summed E-state index contributed by atoms with van der Waals surface area (Å²) in [6.45, 7) is 1.24. The smallest absolute Gasteiger partial charge is 0.0564 e. The van der Waals surface area contributed by atoms with E-state index in [-0.39, 0.29) is 0 Å². The van der Waals surface area contributed by atoms with Crippen molar-refractivity contribution >= 4 is 0 Å². The Bertz CT molecular complexity index is 248. The Morgan fingerprint density at radius 3 is 2.18 bits per heavy atom. The molecule has 1 nitrogen and oxygen atoms in total. The van der Waals surface area contributed by atoms with Crippen LogP contribution in [0.5, 0.6) is 0 Å². The number of aliphatic hydroxyl groups is 1. The SMILES string of the molecule is [3H]C(O)CCCCCCCCCC#C/C=C\CC. The maximum atomic E-state index is 8.78. The van der Waals surface area contributed by atoms with Gasteiger partial charge in [-0.2, -0.15) is 0 Å². The summed E-state index contributed by atoms with van der Waals surface area (Å²) in [5, 5.41) is 8.78. The molecule has 0 aromatic heterocycles. The highest BCUT2D eigenvalue weighted by atomic mass is 16.2. The number of unbranched alkanes of at least 4 members (excludes halogenated alkanes) is 7. The summed E-state index contributed by atoms with van der Waals surface area (Å²) in [7, 11) is 0. The Morgan fingerprint density at radius 2 is 1.59 bits per heavy atom. The Morgan fingerprint density at radius 1 is 1.00 bits per heavy atom. The normalized spacial score (nSPS) is 13.2. The highest BCUT2D eigenvalue weighted by molar-refractivity contribution is 5.14. The lowest BCUT2D eigenvalue weighted by molar-refractivity contribution is 0.282. The summed E-state index contributed by atoms with van der Waals surface area (Å²) in [6, 6.07) is 0. The molecule has 0 saturated heterocycles. The molecule has 0 heterocycles. The van der Waals surface area contributed by atoms with Crippen molar-refractivity contribution in [2.45, 2.75) is 71.1 Å². The van der Waals surface area contributed by atoms with E-state index >= 15 is 0 Å². The van der Waals surface area contributed by atoms with E-state index in [2.05, 4.69) is 24.8 Å². The molecule has 17 heavy (non-hydrogen) atoms. The zero-order valence-corrected chi connectivity index (χ0v) is 11.3. The zero-order valence-electron chi connectivity index (χ0n) is 12.3. The predicted octanol–water partition coefficient (Wildman–Crippen LogP) is 4.46. The molecule has 0 fully saturated rings. The Hall–Kier alpha value is -0.740. The van der Waals surface area contributed by atoms with Crippen LogP contribution >= 0.6 is 0 Å². The van der Waals surface area contributed by atoms with Crippen LogP contribution in [0.1, 0.15) is 72.5 Å². The van der Waals surface area contributed by atoms with Crippen LogP contribution in [0.25, 0.3) is 0 Å². The van der Waals surface area contributed by atoms with Gasteiger partial charge >= 0.3 is 0 Å². The van der Waals surface area contributed by atoms with E-state index < -0.39 is 6.58 Å². The molecule has 0 saturated carbocycles. The Labute approximate surface area is 109 Å². The zero-order chi connectivity index (χ0) is 13.5. The molecule has 0 aromatic carbocycles. The number of allylic oxidation sites excluding steroid dienone is 2. The molecule has 1 atom stereocenters. The topological polar surface area (TPSA) is 20.2 Å². The summed E-state index contributed by atoms with van der Waals surface area (Å²) in [6.07, 6.45) is 15.1. The summed E-state index contributed by atoms with van der Waals surface area (Å²) in [4.78, 5) is 0. The van der Waals surface area contributed by atoms with E-state index in [0.717, 1.165) is 25.7 Å². The van der Waals surface area contributed by atoms with Crippen molar-refractivity contribution in [3.63, 3.8) is 0 Å². The fourth-order valence-corrected chi connectivity index (χ4v) is 1.64. The van der Waals surface area contributed by atoms with Gasteiger partial charge in [-0.25, -0.2) is 0 Å². The predicted molar refractivity (Wildman–Crippen MR) is 75.8 cm³/mol. The molecule has 0 aliphatic heterocycles. The van der Waals surface area contributed by atoms with Crippen molar-refractivity contribution in [2.24, 2.45) is 0 Å². The number of rotatable bonds is 10. The van der Waals surface area contributed by atoms with Gasteiger partial charge in [-0.1, -0.05) is 63.4 Å². The minimum Gasteiger partial charge on any atom is -0.396 e. The van der Waals surface area contributed by atoms with E-state index in [4.69, 9.17) is 6.48 Å². The molecular weight excluding hydrogens is 208 g/mol. The lowest BCUT2D eigenvalue weighted by Crippen LogP contribution is -1.84. The Balaban J connectivity index is 3.11. The third kappa shape index (κ3) is 15.3. The number of hydrogen-bond donors (Lipinski definition) is 1. The summed E-state index contributed by atoms with van der Waals surface area (Å²) in [5.41, 5.74) is 0. The first-order chi connectivity index (χ1) is 8.77. The van der Waals surface area contributed by atoms with Gasteiger partial charge in [0.05, 0.1) is 1.37 Å². The van der Waals surface area contributed by atoms with Crippen molar-refractivity contribution in [3.8, 4) is 11.8 Å². The number of aliphatic hydroxyl groups excluding tert-OH is 1. The van der Waals surface area contributed by atoms with Crippen molar-refractivity contribution in [1.82, 2.24) is 0 Å². The lowest BCUT2D eigenvalue weighted by Gasteiger charge is -1.99. The minimum atomic E-state index is -0.870. The average Bonchev–Trinajstić information content (AvgIpc) is 2.34. The largest absolute Gasteiger partial charge is 0.396 e. The lowest BCUT2D eigenvalue weighted by atomic mass is 10.1. The van der Waals surface area contributed by atoms with Crippen LogP contribution in [0.2, 0.25) is 0 Å². The fraction of sp³-hybridized carbons (Fsp3) is 0.750. The van der Waals surface area contributed by atoms with E-state index in [1.807, 2.05) is 6.08 Å². The maximum absolute atomic E-state index is 8.78. The van der Waals surface area contributed by atoms with Crippen molar-refractivity contribution < 1.29 is 6.48 Å². The third-order valence-corrected chi connectivity index (χ3v) is 2.67. The first kappa shape index (κ1) is 14.3. The van der Waals surface area contributed by atoms with Crippen LogP contribution in [0.3, 0.4) is 0 Å². The van der Waals surface area contributed by atoms with Gasteiger partial charge in [-0.3, -0.25) is 0 Å². The molecule has 98 valence electrons. The molecule has 0 spiro atoms. The summed E-state index contributed by atoms with van der Waals surface area (Å²) >= 11 is 0. The van der Waals surface area contributed by atoms with E-state index in [1.165, 1.54) is 32.1 Å². The molecule has 0 rings (SSSR count). The standard InChI is InChI=1S/C16H28O/c1-2-3-4-5-6-7-8-9-10-11-12-13-14-15-16-17/h3-4,17H,2,7-16H2,1H3/b4-3-/i16T. The molecule has 0 aliphatic carbocycles. The molecule has 0 aliphatic rings. The van der Waals surface area contributed by atoms with Crippen LogP contribution in [0, 0.1) is 11.8 Å². The number of hydrogen-bond acceptors (Lipinski definition) is 1. The van der Waals surface area contributed by atoms with Gasteiger partial charge in [0.1, 0.15) is 0 Å². The van der Waals surface area contributed by atoms with Gasteiger partial charge in [0.25, 0.3) is 0 Å². The second-order valence-electron chi connectivity index (χ2n) is 4.33. The monoisotopic (exact) mass is 238 g/mol. The van der Waals surface area contributed by atoms with Crippen LogP contribution in [-0.4, -0.2) is 11.7 Å². The first-order valence-electron chi connectivity index (χ1n) is 7.58. The highest BCUT2D eigenvalue weighted by Gasteiger charge is 1.91. The second kappa shape index (κ2) is 15.3. The minimum absolute atomic E-state index is 0.626. The van der Waals surface area contributed by atoms with Gasteiger partial charge in [-0.05, 0) is 25.3 Å². The summed E-state index contributed by atoms with van der Waals surface area (Å²) in [5.74, 6) is 6.20. The van der Waals surface area contributed by atoms with Gasteiger partial charge in [-0.15, -0.1) is 0 Å². The molecular formula is C16H28O.